The summed E-state index contributed by atoms with van der Waals surface area (Å²) in [5, 5.41) is 0. The van der Waals surface area contributed by atoms with Gasteiger partial charge in [-0.05, 0) is 19.1 Å². The maximum absolute atomic E-state index is 12.9. The molecule has 16 heavy (non-hydrogen) atoms. The van der Waals surface area contributed by atoms with E-state index in [4.69, 9.17) is 11.2 Å². The van der Waals surface area contributed by atoms with E-state index in [1.54, 1.807) is 5.92 Å². The first-order chi connectivity index (χ1) is 7.48. The van der Waals surface area contributed by atoms with Gasteiger partial charge < -0.3 is 4.74 Å². The number of aromatic nitrogens is 1. The molecule has 0 fully saturated rings. The van der Waals surface area contributed by atoms with Crippen LogP contribution in [-0.2, 0) is 10.3 Å². The molecule has 0 spiro atoms. The number of pyridine rings is 1. The lowest BCUT2D eigenvalue weighted by Crippen LogP contribution is -2.44. The van der Waals surface area contributed by atoms with Gasteiger partial charge >= 0.3 is 6.18 Å². The average Bonchev–Trinajstić information content (AvgIpc) is 2.25. The number of terminal acetylenes is 1. The van der Waals surface area contributed by atoms with E-state index < -0.39 is 11.8 Å². The number of halogens is 3. The summed E-state index contributed by atoms with van der Waals surface area (Å²) in [5.41, 5.74) is -3.09. The predicted octanol–water partition coefficient (Wildman–Crippen LogP) is 2.51. The van der Waals surface area contributed by atoms with Gasteiger partial charge in [0.15, 0.2) is 0 Å². The van der Waals surface area contributed by atoms with Gasteiger partial charge in [0, 0.05) is 12.8 Å². The van der Waals surface area contributed by atoms with Crippen LogP contribution in [0.3, 0.4) is 0 Å². The van der Waals surface area contributed by atoms with E-state index in [0.29, 0.717) is 0 Å². The van der Waals surface area contributed by atoms with Crippen LogP contribution in [0.5, 0.6) is 0 Å². The monoisotopic (exact) mass is 229 g/mol. The summed E-state index contributed by atoms with van der Waals surface area (Å²) in [6.07, 6.45) is 1.52. The molecular formula is C11H10F3NO. The molecule has 0 aliphatic rings. The van der Waals surface area contributed by atoms with Gasteiger partial charge in [-0.25, -0.2) is 0 Å². The van der Waals surface area contributed by atoms with Crippen LogP contribution in [0.2, 0.25) is 0 Å². The Hall–Kier alpha value is -1.54. The zero-order valence-electron chi connectivity index (χ0n) is 8.58. The molecule has 1 aromatic heterocycles. The van der Waals surface area contributed by atoms with Gasteiger partial charge in [0.05, 0.1) is 5.69 Å². The number of nitrogens with zero attached hydrogens (tertiary/aromatic N) is 1. The summed E-state index contributed by atoms with van der Waals surface area (Å²) < 4.78 is 43.5. The van der Waals surface area contributed by atoms with Crippen molar-refractivity contribution >= 4 is 0 Å². The average molecular weight is 229 g/mol. The molecule has 0 N–H and O–H groups in total. The first-order valence-corrected chi connectivity index (χ1v) is 4.58. The molecular weight excluding hydrogens is 219 g/mol. The van der Waals surface area contributed by atoms with Crippen molar-refractivity contribution in [3.05, 3.63) is 30.1 Å². The third-order valence-corrected chi connectivity index (χ3v) is 1.99. The Morgan fingerprint density at radius 2 is 2.12 bits per heavy atom. The topological polar surface area (TPSA) is 22.1 Å². The lowest BCUT2D eigenvalue weighted by atomic mass is 9.99. The van der Waals surface area contributed by atoms with Crippen LogP contribution in [0.25, 0.3) is 0 Å². The van der Waals surface area contributed by atoms with Crippen molar-refractivity contribution in [3.63, 3.8) is 0 Å². The van der Waals surface area contributed by atoms with E-state index in [9.17, 15) is 13.2 Å². The van der Waals surface area contributed by atoms with Crippen LogP contribution >= 0.6 is 0 Å². The van der Waals surface area contributed by atoms with E-state index in [2.05, 4.69) is 4.98 Å². The number of rotatable bonds is 3. The minimum Gasteiger partial charge on any atom is -0.349 e. The van der Waals surface area contributed by atoms with Crippen LogP contribution in [-0.4, -0.2) is 17.8 Å². The van der Waals surface area contributed by atoms with E-state index in [-0.39, 0.29) is 12.3 Å². The predicted molar refractivity (Wildman–Crippen MR) is 52.4 cm³/mol. The summed E-state index contributed by atoms with van der Waals surface area (Å²) >= 11 is 0. The highest BCUT2D eigenvalue weighted by Crippen LogP contribution is 2.40. The van der Waals surface area contributed by atoms with Gasteiger partial charge in [-0.15, -0.1) is 6.42 Å². The molecule has 5 heteroatoms. The molecule has 0 aliphatic heterocycles. The molecule has 1 unspecified atom stereocenters. The zero-order valence-corrected chi connectivity index (χ0v) is 8.58. The second-order valence-corrected chi connectivity index (χ2v) is 2.97. The van der Waals surface area contributed by atoms with Crippen molar-refractivity contribution in [1.82, 2.24) is 4.98 Å². The Morgan fingerprint density at radius 1 is 1.44 bits per heavy atom. The normalized spacial score (nSPS) is 15.2. The van der Waals surface area contributed by atoms with E-state index in [0.717, 1.165) is 0 Å². The fourth-order valence-electron chi connectivity index (χ4n) is 1.29. The largest absolute Gasteiger partial charge is 0.435 e. The number of alkyl halides is 3. The summed E-state index contributed by atoms with van der Waals surface area (Å²) in [7, 11) is 0. The van der Waals surface area contributed by atoms with Gasteiger partial charge in [-0.3, -0.25) is 4.98 Å². The van der Waals surface area contributed by atoms with Crippen LogP contribution < -0.4 is 0 Å². The maximum Gasteiger partial charge on any atom is 0.435 e. The zero-order chi connectivity index (χ0) is 12.2. The Labute approximate surface area is 91.5 Å². The van der Waals surface area contributed by atoms with Gasteiger partial charge in [0.2, 0.25) is 0 Å². The molecule has 2 nitrogen and oxygen atoms in total. The molecule has 0 saturated carbocycles. The van der Waals surface area contributed by atoms with Crippen molar-refractivity contribution in [2.24, 2.45) is 0 Å². The molecule has 0 aromatic carbocycles. The van der Waals surface area contributed by atoms with Gasteiger partial charge in [0.1, 0.15) is 0 Å². The molecule has 1 aromatic rings. The molecule has 0 aliphatic carbocycles. The lowest BCUT2D eigenvalue weighted by molar-refractivity contribution is -0.259. The summed E-state index contributed by atoms with van der Waals surface area (Å²) in [6, 6.07) is 4.13. The minimum absolute atomic E-state index is 0.152. The van der Waals surface area contributed by atoms with Crippen LogP contribution in [0, 0.1) is 12.3 Å². The lowest BCUT2D eigenvalue weighted by Gasteiger charge is -2.29. The molecule has 0 amide bonds. The van der Waals surface area contributed by atoms with Crippen molar-refractivity contribution in [2.45, 2.75) is 18.7 Å². The molecule has 0 saturated heterocycles. The molecule has 86 valence electrons. The highest BCUT2D eigenvalue weighted by atomic mass is 19.4. The van der Waals surface area contributed by atoms with Crippen LogP contribution in [0.4, 0.5) is 13.2 Å². The van der Waals surface area contributed by atoms with Crippen LogP contribution in [0.1, 0.15) is 12.6 Å². The van der Waals surface area contributed by atoms with E-state index >= 15 is 0 Å². The summed E-state index contributed by atoms with van der Waals surface area (Å²) in [5.74, 6) is 1.66. The highest BCUT2D eigenvalue weighted by Gasteiger charge is 2.57. The summed E-state index contributed by atoms with van der Waals surface area (Å²) in [4.78, 5) is 3.62. The quantitative estimate of drug-likeness (QED) is 0.743. The molecule has 1 atom stereocenters. The smallest absolute Gasteiger partial charge is 0.349 e. The second kappa shape index (κ2) is 4.54. The number of ether oxygens (including phenoxy) is 1. The standard InChI is InChI=1S/C11H10F3NO/c1-3-10(16-4-2,11(12,13)14)9-7-5-6-8-15-9/h1,5-8H,4H2,2H3. The second-order valence-electron chi connectivity index (χ2n) is 2.97. The fourth-order valence-corrected chi connectivity index (χ4v) is 1.29. The van der Waals surface area contributed by atoms with Gasteiger partial charge in [0.25, 0.3) is 5.60 Å². The fraction of sp³-hybridized carbons (Fsp3) is 0.364. The van der Waals surface area contributed by atoms with Crippen molar-refractivity contribution in [3.8, 4) is 12.3 Å². The molecule has 0 radical (unpaired) electrons. The van der Waals surface area contributed by atoms with Crippen molar-refractivity contribution < 1.29 is 17.9 Å². The Balaban J connectivity index is 3.31. The van der Waals surface area contributed by atoms with Crippen LogP contribution in [0.15, 0.2) is 24.4 Å². The first kappa shape index (κ1) is 12.5. The Morgan fingerprint density at radius 3 is 2.50 bits per heavy atom. The van der Waals surface area contributed by atoms with E-state index in [1.807, 2.05) is 0 Å². The minimum atomic E-state index is -4.70. The van der Waals surface area contributed by atoms with Gasteiger partial charge in [-0.2, -0.15) is 13.2 Å². The number of hydrogen-bond donors (Lipinski definition) is 0. The molecule has 1 heterocycles. The first-order valence-electron chi connectivity index (χ1n) is 4.58. The van der Waals surface area contributed by atoms with Crippen molar-refractivity contribution in [1.29, 1.82) is 0 Å². The highest BCUT2D eigenvalue weighted by molar-refractivity contribution is 5.27. The maximum atomic E-state index is 12.9. The van der Waals surface area contributed by atoms with E-state index in [1.165, 1.54) is 31.3 Å². The SMILES string of the molecule is C#CC(OCC)(c1ccccn1)C(F)(F)F. The third-order valence-electron chi connectivity index (χ3n) is 1.99. The van der Waals surface area contributed by atoms with Gasteiger partial charge in [-0.1, -0.05) is 12.0 Å². The molecule has 1 rings (SSSR count). The number of hydrogen-bond acceptors (Lipinski definition) is 2. The Kier molecular flexibility index (Phi) is 3.55. The Bertz CT molecular complexity index is 382. The van der Waals surface area contributed by atoms with Crippen molar-refractivity contribution in [2.75, 3.05) is 6.61 Å². The summed E-state index contributed by atoms with van der Waals surface area (Å²) in [6.45, 7) is 1.29. The third kappa shape index (κ3) is 2.02. The molecule has 0 bridgehead atoms.